The van der Waals surface area contributed by atoms with E-state index in [1.54, 1.807) is 25.3 Å². The maximum Gasteiger partial charge on any atom is 0.338 e. The van der Waals surface area contributed by atoms with Gasteiger partial charge in [-0.05, 0) is 47.9 Å². The van der Waals surface area contributed by atoms with Gasteiger partial charge in [0.05, 0.1) is 17.4 Å². The Bertz CT molecular complexity index is 614. The van der Waals surface area contributed by atoms with Gasteiger partial charge in [0.25, 0.3) is 0 Å². The summed E-state index contributed by atoms with van der Waals surface area (Å²) < 4.78 is 12.4. The molecule has 21 heavy (non-hydrogen) atoms. The molecule has 7 heteroatoms. The fourth-order valence-electron chi connectivity index (χ4n) is 2.56. The minimum Gasteiger partial charge on any atom is -0.456 e. The molecule has 2 aromatic rings. The molecule has 1 fully saturated rings. The molecule has 0 amide bonds. The second-order valence-electron chi connectivity index (χ2n) is 4.95. The van der Waals surface area contributed by atoms with Crippen LogP contribution in [0.3, 0.4) is 0 Å². The molecule has 1 aromatic carbocycles. The van der Waals surface area contributed by atoms with Crippen molar-refractivity contribution in [2.45, 2.75) is 31.5 Å². The summed E-state index contributed by atoms with van der Waals surface area (Å²) in [6.07, 6.45) is 4.09. The van der Waals surface area contributed by atoms with Crippen LogP contribution in [0, 0.1) is 0 Å². The van der Waals surface area contributed by atoms with E-state index >= 15 is 0 Å². The topological polar surface area (TPSA) is 79.1 Å². The van der Waals surface area contributed by atoms with Gasteiger partial charge in [0.15, 0.2) is 0 Å². The number of tetrazole rings is 1. The summed E-state index contributed by atoms with van der Waals surface area (Å²) in [5, 5.41) is 11.0. The van der Waals surface area contributed by atoms with E-state index in [2.05, 4.69) is 15.5 Å². The quantitative estimate of drug-likeness (QED) is 0.791. The first-order valence-electron chi connectivity index (χ1n) is 6.85. The fourth-order valence-corrected chi connectivity index (χ4v) is 2.56. The fraction of sp³-hybridized carbons (Fsp3) is 0.429. The first kappa shape index (κ1) is 13.7. The zero-order chi connectivity index (χ0) is 14.7. The zero-order valence-electron chi connectivity index (χ0n) is 11.7. The third-order valence-electron chi connectivity index (χ3n) is 3.65. The Hall–Kier alpha value is -2.28. The number of carbonyl (C=O) groups is 1. The summed E-state index contributed by atoms with van der Waals surface area (Å²) in [6, 6.07) is 7.01. The van der Waals surface area contributed by atoms with E-state index < -0.39 is 0 Å². The first-order chi connectivity index (χ1) is 10.3. The van der Waals surface area contributed by atoms with Crippen molar-refractivity contribution >= 4 is 5.97 Å². The molecule has 0 unspecified atom stereocenters. The second-order valence-corrected chi connectivity index (χ2v) is 4.95. The molecule has 0 aliphatic heterocycles. The van der Waals surface area contributed by atoms with Crippen molar-refractivity contribution < 1.29 is 14.3 Å². The van der Waals surface area contributed by atoms with Crippen LogP contribution < -0.4 is 0 Å². The van der Waals surface area contributed by atoms with E-state index in [9.17, 15) is 4.79 Å². The summed E-state index contributed by atoms with van der Waals surface area (Å²) in [4.78, 5) is 12.2. The summed E-state index contributed by atoms with van der Waals surface area (Å²) in [6.45, 7) is 0. The van der Waals surface area contributed by atoms with Gasteiger partial charge in [-0.25, -0.2) is 9.48 Å². The number of hydrogen-bond acceptors (Lipinski definition) is 6. The Labute approximate surface area is 121 Å². The molecule has 3 rings (SSSR count). The number of esters is 1. The van der Waals surface area contributed by atoms with Crippen molar-refractivity contribution in [1.29, 1.82) is 0 Å². The maximum atomic E-state index is 12.2. The van der Waals surface area contributed by atoms with Gasteiger partial charge in [-0.1, -0.05) is 6.07 Å². The van der Waals surface area contributed by atoms with Gasteiger partial charge in [-0.15, -0.1) is 5.10 Å². The van der Waals surface area contributed by atoms with E-state index in [1.165, 1.54) is 11.0 Å². The molecular formula is C14H16N4O3. The van der Waals surface area contributed by atoms with E-state index in [4.69, 9.17) is 9.47 Å². The van der Waals surface area contributed by atoms with Crippen molar-refractivity contribution in [3.8, 4) is 5.69 Å². The molecule has 0 bridgehead atoms. The molecule has 2 atom stereocenters. The van der Waals surface area contributed by atoms with Gasteiger partial charge in [-0.2, -0.15) is 0 Å². The molecule has 1 saturated carbocycles. The van der Waals surface area contributed by atoms with Crippen molar-refractivity contribution in [3.63, 3.8) is 0 Å². The Kier molecular flexibility index (Phi) is 3.92. The van der Waals surface area contributed by atoms with Gasteiger partial charge >= 0.3 is 5.97 Å². The van der Waals surface area contributed by atoms with Gasteiger partial charge in [0.1, 0.15) is 12.4 Å². The van der Waals surface area contributed by atoms with Crippen LogP contribution >= 0.6 is 0 Å². The second kappa shape index (κ2) is 6.01. The Balaban J connectivity index is 1.74. The predicted octanol–water partition coefficient (Wildman–Crippen LogP) is 1.39. The zero-order valence-corrected chi connectivity index (χ0v) is 11.7. The number of methoxy groups -OCH3 is 1. The average Bonchev–Trinajstić information content (AvgIpc) is 3.18. The highest BCUT2D eigenvalue weighted by molar-refractivity contribution is 5.90. The summed E-state index contributed by atoms with van der Waals surface area (Å²) >= 11 is 0. The number of hydrogen-bond donors (Lipinski definition) is 0. The average molecular weight is 288 g/mol. The van der Waals surface area contributed by atoms with Crippen LogP contribution in [0.2, 0.25) is 0 Å². The Morgan fingerprint density at radius 1 is 1.33 bits per heavy atom. The third-order valence-corrected chi connectivity index (χ3v) is 3.65. The minimum absolute atomic E-state index is 0.00310. The van der Waals surface area contributed by atoms with Gasteiger partial charge in [0, 0.05) is 7.11 Å². The first-order valence-corrected chi connectivity index (χ1v) is 6.85. The SMILES string of the molecule is CO[C@H]1CCC[C@H]1OC(=O)c1cccc(-n2cnnn2)c1. The lowest BCUT2D eigenvalue weighted by Crippen LogP contribution is -2.27. The Morgan fingerprint density at radius 2 is 2.19 bits per heavy atom. The summed E-state index contributed by atoms with van der Waals surface area (Å²) in [7, 11) is 1.65. The maximum absolute atomic E-state index is 12.2. The number of rotatable bonds is 4. The van der Waals surface area contributed by atoms with E-state index in [-0.39, 0.29) is 18.2 Å². The summed E-state index contributed by atoms with van der Waals surface area (Å²) in [5.41, 5.74) is 1.19. The molecule has 1 aromatic heterocycles. The normalized spacial score (nSPS) is 21.4. The highest BCUT2D eigenvalue weighted by Crippen LogP contribution is 2.25. The highest BCUT2D eigenvalue weighted by Gasteiger charge is 2.30. The predicted molar refractivity (Wildman–Crippen MR) is 73.0 cm³/mol. The largest absolute Gasteiger partial charge is 0.456 e. The molecule has 1 aliphatic rings. The molecule has 7 nitrogen and oxygen atoms in total. The molecule has 1 heterocycles. The molecule has 0 spiro atoms. The molecule has 0 N–H and O–H groups in total. The van der Waals surface area contributed by atoms with Crippen LogP contribution in [0.1, 0.15) is 29.6 Å². The van der Waals surface area contributed by atoms with Crippen LogP contribution in [-0.4, -0.2) is 45.5 Å². The summed E-state index contributed by atoms with van der Waals surface area (Å²) in [5.74, 6) is -0.348. The smallest absolute Gasteiger partial charge is 0.338 e. The standard InChI is InChI=1S/C14H16N4O3/c1-20-12-6-3-7-13(12)21-14(19)10-4-2-5-11(8-10)18-9-15-16-17-18/h2,4-5,8-9,12-13H,3,6-7H2,1H3/t12-,13+/m0/s1. The number of nitrogens with zero attached hydrogens (tertiary/aromatic N) is 4. The van der Waals surface area contributed by atoms with Crippen LogP contribution in [0.4, 0.5) is 0 Å². The van der Waals surface area contributed by atoms with Crippen LogP contribution in [-0.2, 0) is 9.47 Å². The lowest BCUT2D eigenvalue weighted by Gasteiger charge is -2.18. The van der Waals surface area contributed by atoms with Crippen LogP contribution in [0.15, 0.2) is 30.6 Å². The molecular weight excluding hydrogens is 272 g/mol. The van der Waals surface area contributed by atoms with Crippen molar-refractivity contribution in [2.75, 3.05) is 7.11 Å². The van der Waals surface area contributed by atoms with Crippen LogP contribution in [0.25, 0.3) is 5.69 Å². The van der Waals surface area contributed by atoms with Crippen molar-refractivity contribution in [2.24, 2.45) is 0 Å². The molecule has 1 aliphatic carbocycles. The van der Waals surface area contributed by atoms with Crippen molar-refractivity contribution in [1.82, 2.24) is 20.2 Å². The van der Waals surface area contributed by atoms with Crippen LogP contribution in [0.5, 0.6) is 0 Å². The lowest BCUT2D eigenvalue weighted by atomic mass is 10.2. The van der Waals surface area contributed by atoms with E-state index in [0.717, 1.165) is 19.3 Å². The third kappa shape index (κ3) is 2.92. The lowest BCUT2D eigenvalue weighted by molar-refractivity contribution is -0.0206. The number of ether oxygens (including phenoxy) is 2. The number of carbonyl (C=O) groups excluding carboxylic acids is 1. The molecule has 110 valence electrons. The van der Waals surface area contributed by atoms with Gasteiger partial charge in [0.2, 0.25) is 0 Å². The van der Waals surface area contributed by atoms with E-state index in [0.29, 0.717) is 11.3 Å². The highest BCUT2D eigenvalue weighted by atomic mass is 16.6. The van der Waals surface area contributed by atoms with Gasteiger partial charge < -0.3 is 9.47 Å². The van der Waals surface area contributed by atoms with Crippen molar-refractivity contribution in [3.05, 3.63) is 36.2 Å². The van der Waals surface area contributed by atoms with Gasteiger partial charge in [-0.3, -0.25) is 0 Å². The minimum atomic E-state index is -0.348. The number of aromatic nitrogens is 4. The number of benzene rings is 1. The monoisotopic (exact) mass is 288 g/mol. The molecule has 0 saturated heterocycles. The Morgan fingerprint density at radius 3 is 2.95 bits per heavy atom. The van der Waals surface area contributed by atoms with E-state index in [1.807, 2.05) is 6.07 Å². The molecule has 0 radical (unpaired) electrons.